The van der Waals surface area contributed by atoms with Gasteiger partial charge in [0.05, 0.1) is 38.4 Å². The number of nitrogens with one attached hydrogen (secondary N) is 1. The third-order valence-electron chi connectivity index (χ3n) is 6.36. The highest BCUT2D eigenvalue weighted by Gasteiger charge is 2.31. The number of nitrogens with zero attached hydrogens (tertiary/aromatic N) is 2. The van der Waals surface area contributed by atoms with E-state index in [-0.39, 0.29) is 18.4 Å². The van der Waals surface area contributed by atoms with E-state index in [0.29, 0.717) is 38.2 Å². The van der Waals surface area contributed by atoms with Crippen LogP contribution in [0.4, 0.5) is 5.69 Å². The number of halogens is 1. The third kappa shape index (κ3) is 5.69. The lowest BCUT2D eigenvalue weighted by Gasteiger charge is -2.24. The number of hydrogen-bond donors (Lipinski definition) is 1. The molecule has 1 atom stereocenters. The summed E-state index contributed by atoms with van der Waals surface area (Å²) in [6.07, 6.45) is 0.846. The van der Waals surface area contributed by atoms with Crippen LogP contribution in [0.5, 0.6) is 0 Å². The highest BCUT2D eigenvalue weighted by molar-refractivity contribution is 7.85. The summed E-state index contributed by atoms with van der Waals surface area (Å²) in [5.74, 6) is -0.479. The number of benzene rings is 3. The maximum absolute atomic E-state index is 13.7. The molecule has 0 spiro atoms. The van der Waals surface area contributed by atoms with Crippen LogP contribution in [0.2, 0.25) is 5.02 Å². The highest BCUT2D eigenvalue weighted by Crippen LogP contribution is 2.36. The van der Waals surface area contributed by atoms with Gasteiger partial charge in [0.25, 0.3) is 11.8 Å². The molecule has 1 N–H and O–H groups in total. The Morgan fingerprint density at radius 3 is 2.44 bits per heavy atom. The normalized spacial score (nSPS) is 14.8. The Bertz CT molecular complexity index is 1280. The minimum absolute atomic E-state index is 0.219. The lowest BCUT2D eigenvalue weighted by Crippen LogP contribution is -2.31. The van der Waals surface area contributed by atoms with E-state index in [1.165, 1.54) is 0 Å². The molecule has 3 aromatic carbocycles. The summed E-state index contributed by atoms with van der Waals surface area (Å²) in [5.41, 5.74) is 2.16. The summed E-state index contributed by atoms with van der Waals surface area (Å²) in [7, 11) is -1.57. The first-order valence-corrected chi connectivity index (χ1v) is 13.7. The molecular formula is C28H30ClN3O3S. The van der Waals surface area contributed by atoms with Crippen molar-refractivity contribution in [1.82, 2.24) is 10.2 Å². The lowest BCUT2D eigenvalue weighted by molar-refractivity contribution is 0.0948. The molecule has 36 heavy (non-hydrogen) atoms. The Labute approximate surface area is 219 Å². The van der Waals surface area contributed by atoms with Crippen LogP contribution >= 0.6 is 11.6 Å². The first-order valence-electron chi connectivity index (χ1n) is 12.1. The number of fused-ring (bicyclic) bond motifs is 2. The molecule has 1 aliphatic heterocycles. The van der Waals surface area contributed by atoms with Crippen molar-refractivity contribution in [3.63, 3.8) is 0 Å². The van der Waals surface area contributed by atoms with Crippen molar-refractivity contribution in [2.24, 2.45) is 0 Å². The van der Waals surface area contributed by atoms with Gasteiger partial charge < -0.3 is 15.1 Å². The Kier molecular flexibility index (Phi) is 8.56. The molecule has 4 rings (SSSR count). The number of carbonyl (C=O) groups excluding carboxylic acids is 2. The smallest absolute Gasteiger partial charge is 0.259 e. The monoisotopic (exact) mass is 523 g/mol. The summed E-state index contributed by atoms with van der Waals surface area (Å²) < 4.78 is 13.5. The summed E-state index contributed by atoms with van der Waals surface area (Å²) in [4.78, 5) is 31.5. The second-order valence-corrected chi connectivity index (χ2v) is 10.5. The lowest BCUT2D eigenvalue weighted by atomic mass is 10.1. The van der Waals surface area contributed by atoms with Gasteiger partial charge in [-0.15, -0.1) is 0 Å². The van der Waals surface area contributed by atoms with E-state index >= 15 is 0 Å². The number of carbonyl (C=O) groups is 2. The second-order valence-electron chi connectivity index (χ2n) is 8.60. The molecule has 0 fully saturated rings. The Balaban J connectivity index is 1.65. The number of anilines is 1. The molecule has 0 aromatic heterocycles. The van der Waals surface area contributed by atoms with Crippen molar-refractivity contribution in [3.05, 3.63) is 88.4 Å². The molecule has 3 aromatic rings. The Morgan fingerprint density at radius 1 is 1.00 bits per heavy atom. The summed E-state index contributed by atoms with van der Waals surface area (Å²) in [5, 5.41) is 3.58. The molecular weight excluding hydrogens is 494 g/mol. The molecule has 0 aliphatic carbocycles. The molecule has 188 valence electrons. The zero-order valence-corrected chi connectivity index (χ0v) is 22.1. The van der Waals surface area contributed by atoms with E-state index in [2.05, 4.69) is 24.1 Å². The van der Waals surface area contributed by atoms with Crippen LogP contribution in [0, 0.1) is 0 Å². The van der Waals surface area contributed by atoms with E-state index < -0.39 is 10.8 Å². The first-order chi connectivity index (χ1) is 17.4. The predicted molar refractivity (Wildman–Crippen MR) is 144 cm³/mol. The molecule has 8 heteroatoms. The minimum atomic E-state index is -1.57. The Hall–Kier alpha value is -3.00. The minimum Gasteiger partial charge on any atom is -0.352 e. The van der Waals surface area contributed by atoms with Gasteiger partial charge in [0.2, 0.25) is 0 Å². The number of hydrogen-bond acceptors (Lipinski definition) is 4. The molecule has 1 unspecified atom stereocenters. The fraction of sp³-hybridized carbons (Fsp3) is 0.286. The van der Waals surface area contributed by atoms with Crippen LogP contribution in [-0.2, 0) is 17.3 Å². The van der Waals surface area contributed by atoms with Crippen molar-refractivity contribution in [2.45, 2.75) is 36.6 Å². The van der Waals surface area contributed by atoms with Gasteiger partial charge in [-0.05, 0) is 74.1 Å². The fourth-order valence-corrected chi connectivity index (χ4v) is 5.75. The second kappa shape index (κ2) is 11.8. The van der Waals surface area contributed by atoms with Gasteiger partial charge in [-0.1, -0.05) is 49.7 Å². The van der Waals surface area contributed by atoms with Crippen molar-refractivity contribution < 1.29 is 13.8 Å². The first kappa shape index (κ1) is 26.1. The molecule has 6 nitrogen and oxygen atoms in total. The van der Waals surface area contributed by atoms with E-state index in [0.717, 1.165) is 31.6 Å². The molecule has 1 heterocycles. The van der Waals surface area contributed by atoms with Crippen LogP contribution in [-0.4, -0.2) is 47.1 Å². The third-order valence-corrected chi connectivity index (χ3v) is 8.11. The maximum atomic E-state index is 13.7. The molecule has 0 bridgehead atoms. The van der Waals surface area contributed by atoms with E-state index in [1.54, 1.807) is 59.5 Å². The fourth-order valence-electron chi connectivity index (χ4n) is 4.28. The molecule has 2 amide bonds. The van der Waals surface area contributed by atoms with E-state index in [1.807, 2.05) is 12.1 Å². The van der Waals surface area contributed by atoms with Gasteiger partial charge >= 0.3 is 0 Å². The summed E-state index contributed by atoms with van der Waals surface area (Å²) >= 11 is 6.05. The zero-order chi connectivity index (χ0) is 25.7. The van der Waals surface area contributed by atoms with Gasteiger partial charge in [0.15, 0.2) is 0 Å². The standard InChI is InChI=1S/C28H30ClN3O3S/c1-3-31(4-2)17-7-16-30-27(33)21-12-15-26-24(18-21)32(19-20-10-13-22(29)14-11-20)28(34)23-8-5-6-9-25(23)36(26)35/h5-6,8-15,18H,3-4,7,16-17,19H2,1-2H3,(H,30,33). The maximum Gasteiger partial charge on any atom is 0.259 e. The van der Waals surface area contributed by atoms with Crippen molar-refractivity contribution in [3.8, 4) is 0 Å². The Morgan fingerprint density at radius 2 is 1.72 bits per heavy atom. The van der Waals surface area contributed by atoms with Gasteiger partial charge in [-0.2, -0.15) is 0 Å². The van der Waals surface area contributed by atoms with Gasteiger partial charge in [0, 0.05) is 17.1 Å². The largest absolute Gasteiger partial charge is 0.352 e. The molecule has 0 radical (unpaired) electrons. The van der Waals surface area contributed by atoms with Crippen molar-refractivity contribution in [2.75, 3.05) is 31.1 Å². The summed E-state index contributed by atoms with van der Waals surface area (Å²) in [6, 6.07) is 19.3. The van der Waals surface area contributed by atoms with Gasteiger partial charge in [0.1, 0.15) is 0 Å². The molecule has 0 saturated heterocycles. The van der Waals surface area contributed by atoms with Gasteiger partial charge in [-0.3, -0.25) is 9.59 Å². The topological polar surface area (TPSA) is 69.7 Å². The molecule has 1 aliphatic rings. The van der Waals surface area contributed by atoms with Crippen LogP contribution in [0.3, 0.4) is 0 Å². The summed E-state index contributed by atoms with van der Waals surface area (Å²) in [6.45, 7) is 7.92. The van der Waals surface area contributed by atoms with Gasteiger partial charge in [-0.25, -0.2) is 4.21 Å². The quantitative estimate of drug-likeness (QED) is 0.395. The van der Waals surface area contributed by atoms with Crippen LogP contribution in [0.15, 0.2) is 76.5 Å². The molecule has 0 saturated carbocycles. The highest BCUT2D eigenvalue weighted by atomic mass is 35.5. The van der Waals surface area contributed by atoms with E-state index in [4.69, 9.17) is 11.6 Å². The average molecular weight is 524 g/mol. The SMILES string of the molecule is CCN(CC)CCCNC(=O)c1ccc2c(c1)N(Cc1ccc(Cl)cc1)C(=O)c1ccccc1S2=O. The average Bonchev–Trinajstić information content (AvgIpc) is 2.99. The van der Waals surface area contributed by atoms with Crippen LogP contribution in [0.25, 0.3) is 0 Å². The van der Waals surface area contributed by atoms with Crippen LogP contribution in [0.1, 0.15) is 46.5 Å². The zero-order valence-electron chi connectivity index (χ0n) is 20.5. The number of amides is 2. The van der Waals surface area contributed by atoms with E-state index in [9.17, 15) is 13.8 Å². The van der Waals surface area contributed by atoms with Crippen LogP contribution < -0.4 is 10.2 Å². The predicted octanol–water partition coefficient (Wildman–Crippen LogP) is 5.13. The van der Waals surface area contributed by atoms with Crippen molar-refractivity contribution in [1.29, 1.82) is 0 Å². The number of rotatable bonds is 9. The van der Waals surface area contributed by atoms with Crippen molar-refractivity contribution >= 4 is 39.9 Å².